The van der Waals surface area contributed by atoms with Crippen LogP contribution in [-0.2, 0) is 13.0 Å². The summed E-state index contributed by atoms with van der Waals surface area (Å²) in [6, 6.07) is 10.2. The first kappa shape index (κ1) is 13.2. The Balaban J connectivity index is 2.33. The van der Waals surface area contributed by atoms with E-state index in [0.717, 1.165) is 41.3 Å². The van der Waals surface area contributed by atoms with Crippen molar-refractivity contribution in [3.05, 3.63) is 41.9 Å². The number of nitrogens with zero attached hydrogens (tertiary/aromatic N) is 4. The fourth-order valence-corrected chi connectivity index (χ4v) is 2.70. The average molecular weight is 289 g/mol. The average Bonchev–Trinajstić information content (AvgIpc) is 2.98. The second-order valence-electron chi connectivity index (χ2n) is 4.71. The summed E-state index contributed by atoms with van der Waals surface area (Å²) >= 11 is 5.93. The van der Waals surface area contributed by atoms with Gasteiger partial charge in [-0.05, 0) is 26.0 Å². The molecule has 0 saturated carbocycles. The van der Waals surface area contributed by atoms with Gasteiger partial charge in [0.05, 0.1) is 5.69 Å². The SMILES string of the molecule is CCn1nc(C)c2nc(CCCl)n(-c3ccccc3)c21. The highest BCUT2D eigenvalue weighted by atomic mass is 35.5. The van der Waals surface area contributed by atoms with E-state index in [1.165, 1.54) is 0 Å². The number of halogens is 1. The molecule has 0 saturated heterocycles. The molecule has 5 heteroatoms. The van der Waals surface area contributed by atoms with Gasteiger partial charge in [-0.15, -0.1) is 11.6 Å². The van der Waals surface area contributed by atoms with Crippen LogP contribution in [0.1, 0.15) is 18.4 Å². The van der Waals surface area contributed by atoms with Crippen molar-refractivity contribution in [2.24, 2.45) is 0 Å². The van der Waals surface area contributed by atoms with Crippen LogP contribution in [0.4, 0.5) is 0 Å². The molecule has 0 N–H and O–H groups in total. The van der Waals surface area contributed by atoms with Crippen LogP contribution in [0.2, 0.25) is 0 Å². The first-order chi connectivity index (χ1) is 9.76. The number of imidazole rings is 1. The van der Waals surface area contributed by atoms with Gasteiger partial charge in [0, 0.05) is 24.5 Å². The minimum Gasteiger partial charge on any atom is -0.281 e. The molecule has 0 aliphatic heterocycles. The summed E-state index contributed by atoms with van der Waals surface area (Å²) in [5, 5.41) is 4.56. The lowest BCUT2D eigenvalue weighted by molar-refractivity contribution is 0.659. The standard InChI is InChI=1S/C15H17ClN4/c1-3-19-15-14(11(2)18-19)17-13(9-10-16)20(15)12-7-5-4-6-8-12/h4-8H,3,9-10H2,1-2H3. The highest BCUT2D eigenvalue weighted by Crippen LogP contribution is 2.24. The molecule has 2 aromatic heterocycles. The van der Waals surface area contributed by atoms with Gasteiger partial charge >= 0.3 is 0 Å². The fourth-order valence-electron chi connectivity index (χ4n) is 2.53. The Kier molecular flexibility index (Phi) is 3.49. The predicted molar refractivity (Wildman–Crippen MR) is 81.7 cm³/mol. The van der Waals surface area contributed by atoms with Crippen molar-refractivity contribution >= 4 is 22.8 Å². The zero-order valence-electron chi connectivity index (χ0n) is 11.7. The number of para-hydroxylation sites is 1. The number of hydrogen-bond acceptors (Lipinski definition) is 2. The van der Waals surface area contributed by atoms with E-state index >= 15 is 0 Å². The molecule has 1 aromatic carbocycles. The number of hydrogen-bond donors (Lipinski definition) is 0. The molecule has 2 heterocycles. The van der Waals surface area contributed by atoms with Crippen LogP contribution < -0.4 is 0 Å². The van der Waals surface area contributed by atoms with Crippen molar-refractivity contribution in [2.75, 3.05) is 5.88 Å². The Labute approximate surface area is 123 Å². The minimum absolute atomic E-state index is 0.561. The molecule has 0 fully saturated rings. The molecule has 4 nitrogen and oxygen atoms in total. The molecule has 0 aliphatic rings. The van der Waals surface area contributed by atoms with Gasteiger partial charge in [-0.25, -0.2) is 9.67 Å². The summed E-state index contributed by atoms with van der Waals surface area (Å²) in [4.78, 5) is 4.74. The Morgan fingerprint density at radius 3 is 2.60 bits per heavy atom. The van der Waals surface area contributed by atoms with Gasteiger partial charge in [0.25, 0.3) is 0 Å². The van der Waals surface area contributed by atoms with Gasteiger partial charge in [-0.2, -0.15) is 5.10 Å². The van der Waals surface area contributed by atoms with Gasteiger partial charge in [0.15, 0.2) is 5.65 Å². The van der Waals surface area contributed by atoms with E-state index in [1.54, 1.807) is 0 Å². The maximum atomic E-state index is 5.93. The molecule has 20 heavy (non-hydrogen) atoms. The van der Waals surface area contributed by atoms with Crippen molar-refractivity contribution in [1.29, 1.82) is 0 Å². The van der Waals surface area contributed by atoms with E-state index in [4.69, 9.17) is 16.6 Å². The molecule has 0 aliphatic carbocycles. The van der Waals surface area contributed by atoms with Gasteiger partial charge in [0.1, 0.15) is 11.3 Å². The monoisotopic (exact) mass is 288 g/mol. The zero-order chi connectivity index (χ0) is 14.1. The van der Waals surface area contributed by atoms with Crippen LogP contribution >= 0.6 is 11.6 Å². The molecule has 0 radical (unpaired) electrons. The maximum Gasteiger partial charge on any atom is 0.163 e. The van der Waals surface area contributed by atoms with Gasteiger partial charge in [0.2, 0.25) is 0 Å². The lowest BCUT2D eigenvalue weighted by atomic mass is 10.3. The smallest absolute Gasteiger partial charge is 0.163 e. The Morgan fingerprint density at radius 1 is 1.20 bits per heavy atom. The van der Waals surface area contributed by atoms with Crippen LogP contribution in [0.15, 0.2) is 30.3 Å². The first-order valence-corrected chi connectivity index (χ1v) is 7.35. The second-order valence-corrected chi connectivity index (χ2v) is 5.09. The first-order valence-electron chi connectivity index (χ1n) is 6.82. The van der Waals surface area contributed by atoms with E-state index < -0.39 is 0 Å². The third kappa shape index (κ3) is 2.00. The molecular formula is C15H17ClN4. The van der Waals surface area contributed by atoms with E-state index in [1.807, 2.05) is 29.8 Å². The van der Waals surface area contributed by atoms with E-state index in [-0.39, 0.29) is 0 Å². The van der Waals surface area contributed by atoms with Gasteiger partial charge in [-0.1, -0.05) is 18.2 Å². The van der Waals surface area contributed by atoms with Gasteiger partial charge in [-0.3, -0.25) is 4.57 Å². The van der Waals surface area contributed by atoms with Crippen LogP contribution in [0.25, 0.3) is 16.9 Å². The summed E-state index contributed by atoms with van der Waals surface area (Å²) in [6.07, 6.45) is 0.744. The molecule has 104 valence electrons. The normalized spacial score (nSPS) is 11.3. The molecule has 0 atom stereocenters. The molecule has 0 bridgehead atoms. The number of alkyl halides is 1. The lowest BCUT2D eigenvalue weighted by Crippen LogP contribution is -2.07. The van der Waals surface area contributed by atoms with Crippen molar-refractivity contribution in [2.45, 2.75) is 26.8 Å². The highest BCUT2D eigenvalue weighted by Gasteiger charge is 2.18. The van der Waals surface area contributed by atoms with Crippen molar-refractivity contribution < 1.29 is 0 Å². The molecule has 0 spiro atoms. The summed E-state index contributed by atoms with van der Waals surface area (Å²) in [7, 11) is 0. The number of aryl methyl sites for hydroxylation is 3. The summed E-state index contributed by atoms with van der Waals surface area (Å²) in [5.74, 6) is 1.55. The second kappa shape index (κ2) is 5.29. The highest BCUT2D eigenvalue weighted by molar-refractivity contribution is 6.17. The number of aromatic nitrogens is 4. The van der Waals surface area contributed by atoms with E-state index in [0.29, 0.717) is 5.88 Å². The Bertz CT molecular complexity index is 727. The van der Waals surface area contributed by atoms with Gasteiger partial charge < -0.3 is 0 Å². The van der Waals surface area contributed by atoms with E-state index in [2.05, 4.69) is 28.7 Å². The Hall–Kier alpha value is -1.81. The molecule has 3 aromatic rings. The van der Waals surface area contributed by atoms with Crippen LogP contribution in [0, 0.1) is 6.92 Å². The number of fused-ring (bicyclic) bond motifs is 1. The van der Waals surface area contributed by atoms with Crippen LogP contribution in [0.3, 0.4) is 0 Å². The molecule has 0 unspecified atom stereocenters. The van der Waals surface area contributed by atoms with Crippen LogP contribution in [0.5, 0.6) is 0 Å². The van der Waals surface area contributed by atoms with Crippen molar-refractivity contribution in [1.82, 2.24) is 19.3 Å². The number of benzene rings is 1. The molecule has 0 amide bonds. The minimum atomic E-state index is 0.561. The van der Waals surface area contributed by atoms with E-state index in [9.17, 15) is 0 Å². The lowest BCUT2D eigenvalue weighted by Gasteiger charge is -2.09. The van der Waals surface area contributed by atoms with Crippen LogP contribution in [-0.4, -0.2) is 25.2 Å². The van der Waals surface area contributed by atoms with Crippen molar-refractivity contribution in [3.8, 4) is 5.69 Å². The summed E-state index contributed by atoms with van der Waals surface area (Å²) in [5.41, 5.74) is 4.09. The van der Waals surface area contributed by atoms with Crippen molar-refractivity contribution in [3.63, 3.8) is 0 Å². The topological polar surface area (TPSA) is 35.6 Å². The largest absolute Gasteiger partial charge is 0.281 e. The third-order valence-electron chi connectivity index (χ3n) is 3.41. The summed E-state index contributed by atoms with van der Waals surface area (Å²) in [6.45, 7) is 4.92. The Morgan fingerprint density at radius 2 is 1.95 bits per heavy atom. The third-order valence-corrected chi connectivity index (χ3v) is 3.60. The number of rotatable bonds is 4. The quantitative estimate of drug-likeness (QED) is 0.690. The predicted octanol–water partition coefficient (Wildman–Crippen LogP) is 3.33. The fraction of sp³-hybridized carbons (Fsp3) is 0.333. The zero-order valence-corrected chi connectivity index (χ0v) is 12.4. The maximum absolute atomic E-state index is 5.93. The molecular weight excluding hydrogens is 272 g/mol. The summed E-state index contributed by atoms with van der Waals surface area (Å²) < 4.78 is 4.17. The molecule has 3 rings (SSSR count).